The highest BCUT2D eigenvalue weighted by Gasteiger charge is 2.16. The number of hydrogen-bond donors (Lipinski definition) is 2. The van der Waals surface area contributed by atoms with Gasteiger partial charge >= 0.3 is 0 Å². The molecule has 0 saturated heterocycles. The molecule has 2 aromatic rings. The van der Waals surface area contributed by atoms with Crippen molar-refractivity contribution in [2.75, 3.05) is 11.9 Å². The lowest BCUT2D eigenvalue weighted by Gasteiger charge is -2.15. The van der Waals surface area contributed by atoms with E-state index >= 15 is 0 Å². The SMILES string of the molecule is CCNCc1ccccc1NC(=O)C(C)c1cccnc1.Cl.Cl. The molecule has 0 aliphatic carbocycles. The number of hydrogen-bond acceptors (Lipinski definition) is 3. The Labute approximate surface area is 149 Å². The average Bonchev–Trinajstić information content (AvgIpc) is 2.54. The molecule has 1 aromatic heterocycles. The summed E-state index contributed by atoms with van der Waals surface area (Å²) in [6, 6.07) is 11.6. The second-order valence-electron chi connectivity index (χ2n) is 4.93. The highest BCUT2D eigenvalue weighted by atomic mass is 35.5. The monoisotopic (exact) mass is 355 g/mol. The van der Waals surface area contributed by atoms with Crippen LogP contribution in [0.3, 0.4) is 0 Å². The number of nitrogens with zero attached hydrogens (tertiary/aromatic N) is 1. The van der Waals surface area contributed by atoms with Gasteiger partial charge in [-0.1, -0.05) is 31.2 Å². The Morgan fingerprint density at radius 1 is 1.17 bits per heavy atom. The normalized spacial score (nSPS) is 10.9. The number of carbonyl (C=O) groups is 1. The zero-order valence-corrected chi connectivity index (χ0v) is 14.9. The number of pyridine rings is 1. The van der Waals surface area contributed by atoms with Gasteiger partial charge in [0.1, 0.15) is 0 Å². The third kappa shape index (κ3) is 6.18. The van der Waals surface area contributed by atoms with Crippen LogP contribution in [0.5, 0.6) is 0 Å². The van der Waals surface area contributed by atoms with Gasteiger partial charge in [-0.15, -0.1) is 24.8 Å². The molecule has 1 atom stereocenters. The van der Waals surface area contributed by atoms with Gasteiger partial charge in [0, 0.05) is 24.6 Å². The maximum atomic E-state index is 12.4. The zero-order chi connectivity index (χ0) is 15.1. The maximum Gasteiger partial charge on any atom is 0.231 e. The number of benzene rings is 1. The van der Waals surface area contributed by atoms with Crippen LogP contribution in [0.2, 0.25) is 0 Å². The topological polar surface area (TPSA) is 54.0 Å². The van der Waals surface area contributed by atoms with E-state index in [4.69, 9.17) is 0 Å². The first-order valence-corrected chi connectivity index (χ1v) is 7.21. The molecule has 0 aliphatic rings. The van der Waals surface area contributed by atoms with Crippen molar-refractivity contribution in [2.45, 2.75) is 26.3 Å². The van der Waals surface area contributed by atoms with Gasteiger partial charge in [-0.25, -0.2) is 0 Å². The van der Waals surface area contributed by atoms with Crippen LogP contribution in [0.25, 0.3) is 0 Å². The fourth-order valence-electron chi connectivity index (χ4n) is 2.08. The Kier molecular flexibility index (Phi) is 10.2. The van der Waals surface area contributed by atoms with Crippen LogP contribution < -0.4 is 10.6 Å². The zero-order valence-electron chi connectivity index (χ0n) is 13.3. The molecule has 0 saturated carbocycles. The molecular weight excluding hydrogens is 333 g/mol. The van der Waals surface area contributed by atoms with Crippen molar-refractivity contribution in [1.29, 1.82) is 0 Å². The third-order valence-corrected chi connectivity index (χ3v) is 3.42. The summed E-state index contributed by atoms with van der Waals surface area (Å²) < 4.78 is 0. The molecule has 23 heavy (non-hydrogen) atoms. The van der Waals surface area contributed by atoms with Gasteiger partial charge in [0.25, 0.3) is 0 Å². The number of amides is 1. The molecule has 0 spiro atoms. The van der Waals surface area contributed by atoms with Gasteiger partial charge in [0.15, 0.2) is 0 Å². The van der Waals surface area contributed by atoms with Gasteiger partial charge in [-0.3, -0.25) is 9.78 Å². The number of para-hydroxylation sites is 1. The van der Waals surface area contributed by atoms with Crippen molar-refractivity contribution in [2.24, 2.45) is 0 Å². The first kappa shape index (κ1) is 21.4. The predicted octanol–water partition coefficient (Wildman–Crippen LogP) is 3.78. The van der Waals surface area contributed by atoms with Gasteiger partial charge in [-0.2, -0.15) is 0 Å². The summed E-state index contributed by atoms with van der Waals surface area (Å²) in [5.74, 6) is -0.252. The number of rotatable bonds is 6. The Balaban J connectivity index is 0.00000242. The maximum absolute atomic E-state index is 12.4. The van der Waals surface area contributed by atoms with Crippen LogP contribution in [0.15, 0.2) is 48.8 Å². The minimum absolute atomic E-state index is 0. The molecule has 0 fully saturated rings. The predicted molar refractivity (Wildman–Crippen MR) is 99.6 cm³/mol. The summed E-state index contributed by atoms with van der Waals surface area (Å²) in [6.45, 7) is 5.59. The number of anilines is 1. The summed E-state index contributed by atoms with van der Waals surface area (Å²) in [5, 5.41) is 6.29. The van der Waals surface area contributed by atoms with Crippen molar-refractivity contribution in [3.63, 3.8) is 0 Å². The minimum Gasteiger partial charge on any atom is -0.325 e. The van der Waals surface area contributed by atoms with Crippen LogP contribution in [-0.4, -0.2) is 17.4 Å². The van der Waals surface area contributed by atoms with E-state index in [1.165, 1.54) is 0 Å². The summed E-state index contributed by atoms with van der Waals surface area (Å²) in [5.41, 5.74) is 2.87. The highest BCUT2D eigenvalue weighted by molar-refractivity contribution is 5.96. The van der Waals surface area contributed by atoms with E-state index in [0.717, 1.165) is 29.9 Å². The largest absolute Gasteiger partial charge is 0.325 e. The summed E-state index contributed by atoms with van der Waals surface area (Å²) >= 11 is 0. The third-order valence-electron chi connectivity index (χ3n) is 3.42. The molecule has 0 radical (unpaired) electrons. The number of nitrogens with one attached hydrogen (secondary N) is 2. The second kappa shape index (κ2) is 11.0. The molecule has 0 bridgehead atoms. The Hall–Kier alpha value is -1.62. The van der Waals surface area contributed by atoms with E-state index in [1.54, 1.807) is 12.4 Å². The van der Waals surface area contributed by atoms with Gasteiger partial charge in [0.05, 0.1) is 5.92 Å². The lowest BCUT2D eigenvalue weighted by atomic mass is 10.0. The fourth-order valence-corrected chi connectivity index (χ4v) is 2.08. The smallest absolute Gasteiger partial charge is 0.231 e. The molecule has 0 aliphatic heterocycles. The molecule has 1 heterocycles. The van der Waals surface area contributed by atoms with E-state index in [0.29, 0.717) is 0 Å². The first-order valence-electron chi connectivity index (χ1n) is 7.21. The van der Waals surface area contributed by atoms with Crippen LogP contribution >= 0.6 is 24.8 Å². The first-order chi connectivity index (χ1) is 10.2. The van der Waals surface area contributed by atoms with E-state index in [-0.39, 0.29) is 36.6 Å². The highest BCUT2D eigenvalue weighted by Crippen LogP contribution is 2.19. The van der Waals surface area contributed by atoms with Crippen LogP contribution in [0.4, 0.5) is 5.69 Å². The Morgan fingerprint density at radius 2 is 1.91 bits per heavy atom. The summed E-state index contributed by atoms with van der Waals surface area (Å²) in [7, 11) is 0. The van der Waals surface area contributed by atoms with Crippen molar-refractivity contribution in [3.05, 3.63) is 59.9 Å². The quantitative estimate of drug-likeness (QED) is 0.828. The van der Waals surface area contributed by atoms with Gasteiger partial charge < -0.3 is 10.6 Å². The molecule has 6 heteroatoms. The van der Waals surface area contributed by atoms with E-state index in [9.17, 15) is 4.79 Å². The van der Waals surface area contributed by atoms with Gasteiger partial charge in [-0.05, 0) is 36.7 Å². The van der Waals surface area contributed by atoms with Crippen molar-refractivity contribution in [1.82, 2.24) is 10.3 Å². The summed E-state index contributed by atoms with van der Waals surface area (Å²) in [6.07, 6.45) is 3.44. The van der Waals surface area contributed by atoms with Crippen molar-refractivity contribution in [3.8, 4) is 0 Å². The fraction of sp³-hybridized carbons (Fsp3) is 0.294. The van der Waals surface area contributed by atoms with E-state index in [1.807, 2.05) is 43.3 Å². The Morgan fingerprint density at radius 3 is 2.57 bits per heavy atom. The molecule has 4 nitrogen and oxygen atoms in total. The number of halogens is 2. The van der Waals surface area contributed by atoms with Crippen molar-refractivity contribution < 1.29 is 4.79 Å². The molecule has 2 rings (SSSR count). The van der Waals surface area contributed by atoms with Gasteiger partial charge in [0.2, 0.25) is 5.91 Å². The minimum atomic E-state index is -0.231. The van der Waals surface area contributed by atoms with E-state index < -0.39 is 0 Å². The molecule has 1 unspecified atom stereocenters. The lowest BCUT2D eigenvalue weighted by Crippen LogP contribution is -2.21. The molecule has 2 N–H and O–H groups in total. The van der Waals surface area contributed by atoms with Crippen LogP contribution in [0, 0.1) is 0 Å². The van der Waals surface area contributed by atoms with Crippen LogP contribution in [0.1, 0.15) is 30.9 Å². The molecule has 1 amide bonds. The molecular formula is C17H23Cl2N3O. The molecule has 126 valence electrons. The second-order valence-corrected chi connectivity index (χ2v) is 4.93. The van der Waals surface area contributed by atoms with Crippen molar-refractivity contribution >= 4 is 36.4 Å². The van der Waals surface area contributed by atoms with E-state index in [2.05, 4.69) is 22.5 Å². The lowest BCUT2D eigenvalue weighted by molar-refractivity contribution is -0.117. The van der Waals surface area contributed by atoms with Crippen LogP contribution in [-0.2, 0) is 11.3 Å². The summed E-state index contributed by atoms with van der Waals surface area (Å²) in [4.78, 5) is 16.4. The molecule has 1 aromatic carbocycles. The number of aromatic nitrogens is 1. The standard InChI is InChI=1S/C17H21N3O.2ClH/c1-3-18-12-15-7-4-5-9-16(15)20-17(21)13(2)14-8-6-10-19-11-14;;/h4-11,13,18H,3,12H2,1-2H3,(H,20,21);2*1H. The number of carbonyl (C=O) groups excluding carboxylic acids is 1. The average molecular weight is 356 g/mol. The Bertz CT molecular complexity index is 593.